The van der Waals surface area contributed by atoms with Gasteiger partial charge in [0.05, 0.1) is 12.5 Å². The van der Waals surface area contributed by atoms with Crippen molar-refractivity contribution in [2.75, 3.05) is 0 Å². The maximum Gasteiger partial charge on any atom is 0.126 e. The number of rotatable bonds is 32. The molecule has 0 unspecified atom stereocenters. The van der Waals surface area contributed by atoms with E-state index >= 15 is 0 Å². The lowest BCUT2D eigenvalue weighted by Gasteiger charge is -2.04. The van der Waals surface area contributed by atoms with Crippen LogP contribution in [0.2, 0.25) is 0 Å². The Kier molecular flexibility index (Phi) is 29.4. The van der Waals surface area contributed by atoms with Crippen LogP contribution in [0, 0.1) is 0 Å². The first-order chi connectivity index (χ1) is 20.9. The van der Waals surface area contributed by atoms with Gasteiger partial charge in [0.1, 0.15) is 11.5 Å². The van der Waals surface area contributed by atoms with E-state index in [-0.39, 0.29) is 0 Å². The minimum atomic E-state index is 0.861. The molecule has 0 heterocycles. The van der Waals surface area contributed by atoms with Crippen LogP contribution in [-0.4, -0.2) is 0 Å². The van der Waals surface area contributed by atoms with Gasteiger partial charge in [-0.1, -0.05) is 168 Å². The summed E-state index contributed by atoms with van der Waals surface area (Å²) in [4.78, 5) is 0. The average Bonchev–Trinajstić information content (AvgIpc) is 3.01. The molecule has 0 atom stereocenters. The Morgan fingerprint density at radius 1 is 0.357 bits per heavy atom. The molecule has 0 bridgehead atoms. The van der Waals surface area contributed by atoms with Gasteiger partial charge in [0.15, 0.2) is 0 Å². The predicted octanol–water partition coefficient (Wildman–Crippen LogP) is 14.4. The molecule has 0 fully saturated rings. The summed E-state index contributed by atoms with van der Waals surface area (Å²) in [6.07, 6.45) is 46.6. The summed E-state index contributed by atoms with van der Waals surface area (Å²) >= 11 is 0. The second kappa shape index (κ2) is 32.2. The fourth-order valence-electron chi connectivity index (χ4n) is 5.55. The summed E-state index contributed by atoms with van der Waals surface area (Å²) < 4.78 is 11.5. The van der Waals surface area contributed by atoms with Gasteiger partial charge in [-0.3, -0.25) is 0 Å². The standard InChI is InChI=1S/C40H70O2/c1-3-5-7-9-11-13-15-17-19-21-23-25-27-29-31-37-41-39-33-35-40(36-34-39)42-38-32-30-28-26-24-22-20-18-16-14-12-10-8-6-4-2/h31-38H,3-30H2,1-2H3/b37-31-,38-32-. The molecule has 2 heteroatoms. The van der Waals surface area contributed by atoms with Crippen molar-refractivity contribution in [2.45, 2.75) is 194 Å². The number of hydrogen-bond acceptors (Lipinski definition) is 2. The molecule has 1 rings (SSSR count). The van der Waals surface area contributed by atoms with Crippen molar-refractivity contribution < 1.29 is 9.47 Å². The summed E-state index contributed by atoms with van der Waals surface area (Å²) in [6.45, 7) is 4.58. The van der Waals surface area contributed by atoms with E-state index in [1.165, 1.54) is 167 Å². The first kappa shape index (κ1) is 38.3. The van der Waals surface area contributed by atoms with Crippen molar-refractivity contribution in [2.24, 2.45) is 0 Å². The molecule has 1 aromatic rings. The average molecular weight is 583 g/mol. The molecule has 0 spiro atoms. The Balaban J connectivity index is 1.88. The van der Waals surface area contributed by atoms with E-state index in [1.807, 2.05) is 36.8 Å². The van der Waals surface area contributed by atoms with Crippen molar-refractivity contribution >= 4 is 0 Å². The molecule has 0 saturated carbocycles. The maximum atomic E-state index is 5.76. The summed E-state index contributed by atoms with van der Waals surface area (Å²) in [5.41, 5.74) is 0. The monoisotopic (exact) mass is 583 g/mol. The fraction of sp³-hybridized carbons (Fsp3) is 0.750. The third-order valence-corrected chi connectivity index (χ3v) is 8.37. The van der Waals surface area contributed by atoms with Crippen LogP contribution in [-0.2, 0) is 0 Å². The smallest absolute Gasteiger partial charge is 0.126 e. The number of benzene rings is 1. The van der Waals surface area contributed by atoms with Crippen LogP contribution < -0.4 is 9.47 Å². The molecule has 2 nitrogen and oxygen atoms in total. The van der Waals surface area contributed by atoms with Crippen molar-refractivity contribution in [1.82, 2.24) is 0 Å². The first-order valence-electron chi connectivity index (χ1n) is 18.6. The third-order valence-electron chi connectivity index (χ3n) is 8.37. The number of unbranched alkanes of at least 4 members (excludes halogenated alkanes) is 26. The zero-order valence-electron chi connectivity index (χ0n) is 28.2. The zero-order chi connectivity index (χ0) is 30.0. The van der Waals surface area contributed by atoms with Crippen molar-refractivity contribution in [3.8, 4) is 11.5 Å². The van der Waals surface area contributed by atoms with Crippen LogP contribution >= 0.6 is 0 Å². The highest BCUT2D eigenvalue weighted by atomic mass is 16.5. The highest BCUT2D eigenvalue weighted by molar-refractivity contribution is 5.32. The van der Waals surface area contributed by atoms with E-state index < -0.39 is 0 Å². The van der Waals surface area contributed by atoms with E-state index in [1.54, 1.807) is 0 Å². The van der Waals surface area contributed by atoms with Crippen LogP contribution in [0.25, 0.3) is 0 Å². The highest BCUT2D eigenvalue weighted by Gasteiger charge is 1.96. The van der Waals surface area contributed by atoms with E-state index in [9.17, 15) is 0 Å². The van der Waals surface area contributed by atoms with E-state index in [0.717, 1.165) is 24.3 Å². The normalized spacial score (nSPS) is 11.7. The molecule has 0 aliphatic rings. The van der Waals surface area contributed by atoms with Crippen LogP contribution in [0.15, 0.2) is 48.9 Å². The number of allylic oxidation sites excluding steroid dienone is 2. The number of hydrogen-bond donors (Lipinski definition) is 0. The molecule has 0 amide bonds. The third kappa shape index (κ3) is 27.2. The van der Waals surface area contributed by atoms with Gasteiger partial charge in [-0.05, 0) is 62.1 Å². The molecule has 0 aliphatic carbocycles. The van der Waals surface area contributed by atoms with Crippen LogP contribution in [0.5, 0.6) is 11.5 Å². The molecule has 0 aliphatic heterocycles. The first-order valence-corrected chi connectivity index (χ1v) is 18.6. The van der Waals surface area contributed by atoms with Gasteiger partial charge in [-0.25, -0.2) is 0 Å². The largest absolute Gasteiger partial charge is 0.465 e. The molecule has 1 aromatic carbocycles. The topological polar surface area (TPSA) is 18.5 Å². The quantitative estimate of drug-likeness (QED) is 0.0621. The van der Waals surface area contributed by atoms with Crippen molar-refractivity contribution in [3.63, 3.8) is 0 Å². The minimum Gasteiger partial charge on any atom is -0.465 e. The van der Waals surface area contributed by atoms with Crippen LogP contribution in [0.1, 0.15) is 194 Å². The SMILES string of the molecule is CCCCCCCCCCCCCCC/C=C\Oc1ccc(O/C=C\CCCCCCCCCCCCCCC)cc1. The highest BCUT2D eigenvalue weighted by Crippen LogP contribution is 2.19. The van der Waals surface area contributed by atoms with Crippen molar-refractivity contribution in [3.05, 3.63) is 48.9 Å². The number of ether oxygens (including phenoxy) is 2. The van der Waals surface area contributed by atoms with Crippen LogP contribution in [0.4, 0.5) is 0 Å². The Bertz CT molecular complexity index is 644. The lowest BCUT2D eigenvalue weighted by molar-refractivity contribution is 0.464. The second-order valence-electron chi connectivity index (χ2n) is 12.5. The Morgan fingerprint density at radius 2 is 0.595 bits per heavy atom. The van der Waals surface area contributed by atoms with Gasteiger partial charge < -0.3 is 9.47 Å². The van der Waals surface area contributed by atoms with E-state index in [4.69, 9.17) is 9.47 Å². The molecular weight excluding hydrogens is 512 g/mol. The van der Waals surface area contributed by atoms with Gasteiger partial charge in [0.2, 0.25) is 0 Å². The van der Waals surface area contributed by atoms with E-state index in [2.05, 4.69) is 26.0 Å². The maximum absolute atomic E-state index is 5.76. The van der Waals surface area contributed by atoms with E-state index in [0.29, 0.717) is 0 Å². The summed E-state index contributed by atoms with van der Waals surface area (Å²) in [6, 6.07) is 7.91. The van der Waals surface area contributed by atoms with Gasteiger partial charge in [-0.2, -0.15) is 0 Å². The Morgan fingerprint density at radius 3 is 0.857 bits per heavy atom. The lowest BCUT2D eigenvalue weighted by atomic mass is 10.0. The van der Waals surface area contributed by atoms with Gasteiger partial charge in [0.25, 0.3) is 0 Å². The van der Waals surface area contributed by atoms with Gasteiger partial charge >= 0.3 is 0 Å². The summed E-state index contributed by atoms with van der Waals surface area (Å²) in [7, 11) is 0. The molecule has 42 heavy (non-hydrogen) atoms. The molecular formula is C40H70O2. The molecule has 0 saturated heterocycles. The van der Waals surface area contributed by atoms with Gasteiger partial charge in [-0.15, -0.1) is 0 Å². The zero-order valence-corrected chi connectivity index (χ0v) is 28.2. The summed E-state index contributed by atoms with van der Waals surface area (Å²) in [5.74, 6) is 1.72. The molecule has 0 radical (unpaired) electrons. The molecule has 242 valence electrons. The minimum absolute atomic E-state index is 0.861. The Labute approximate surface area is 263 Å². The van der Waals surface area contributed by atoms with Crippen LogP contribution in [0.3, 0.4) is 0 Å². The van der Waals surface area contributed by atoms with Gasteiger partial charge in [0, 0.05) is 0 Å². The molecule has 0 aromatic heterocycles. The fourth-order valence-corrected chi connectivity index (χ4v) is 5.55. The van der Waals surface area contributed by atoms with Crippen molar-refractivity contribution in [1.29, 1.82) is 0 Å². The predicted molar refractivity (Wildman–Crippen MR) is 187 cm³/mol. The second-order valence-corrected chi connectivity index (χ2v) is 12.5. The lowest BCUT2D eigenvalue weighted by Crippen LogP contribution is -1.85. The summed E-state index contributed by atoms with van der Waals surface area (Å²) in [5, 5.41) is 0. The Hall–Kier alpha value is -1.70. The molecule has 0 N–H and O–H groups in total.